The van der Waals surface area contributed by atoms with Crippen LogP contribution in [0.5, 0.6) is 5.75 Å². The number of ether oxygens (including phenoxy) is 1. The summed E-state index contributed by atoms with van der Waals surface area (Å²) in [4.78, 5) is 33.8. The van der Waals surface area contributed by atoms with Crippen molar-refractivity contribution in [2.45, 2.75) is 0 Å². The van der Waals surface area contributed by atoms with Crippen LogP contribution in [-0.2, 0) is 0 Å². The lowest BCUT2D eigenvalue weighted by molar-refractivity contribution is 0.252. The summed E-state index contributed by atoms with van der Waals surface area (Å²) in [5.74, 6) is 1.23. The molecule has 4 aromatic rings. The van der Waals surface area contributed by atoms with Gasteiger partial charge in [0, 0.05) is 47.8 Å². The van der Waals surface area contributed by atoms with Crippen molar-refractivity contribution in [3.05, 3.63) is 71.3 Å². The molecule has 2 aromatic carbocycles. The number of carbonyl (C=O) groups excluding carboxylic acids is 1. The van der Waals surface area contributed by atoms with Crippen LogP contribution in [0.1, 0.15) is 0 Å². The SMILES string of the molecule is COc1ccc2[nH]c(=O)c(-c3nccn3-c3cccc(N4CCNC4=O)c3)cc2c1. The highest BCUT2D eigenvalue weighted by Gasteiger charge is 2.21. The number of pyridine rings is 1. The van der Waals surface area contributed by atoms with Crippen LogP contribution < -0.4 is 20.5 Å². The fourth-order valence-electron chi connectivity index (χ4n) is 3.72. The van der Waals surface area contributed by atoms with E-state index < -0.39 is 0 Å². The fraction of sp³-hybridized carbons (Fsp3) is 0.136. The van der Waals surface area contributed by atoms with Gasteiger partial charge in [-0.15, -0.1) is 0 Å². The van der Waals surface area contributed by atoms with E-state index in [4.69, 9.17) is 4.74 Å². The van der Waals surface area contributed by atoms with Crippen LogP contribution in [0.2, 0.25) is 0 Å². The second-order valence-electron chi connectivity index (χ2n) is 6.99. The molecule has 2 aromatic heterocycles. The molecule has 2 N–H and O–H groups in total. The summed E-state index contributed by atoms with van der Waals surface area (Å²) in [6.07, 6.45) is 3.45. The lowest BCUT2D eigenvalue weighted by atomic mass is 10.1. The quantitative estimate of drug-likeness (QED) is 0.550. The Balaban J connectivity index is 1.61. The number of aromatic nitrogens is 3. The number of nitrogens with one attached hydrogen (secondary N) is 2. The van der Waals surface area contributed by atoms with Crippen molar-refractivity contribution in [1.82, 2.24) is 19.9 Å². The van der Waals surface area contributed by atoms with Crippen molar-refractivity contribution in [3.63, 3.8) is 0 Å². The van der Waals surface area contributed by atoms with Gasteiger partial charge in [-0.1, -0.05) is 6.07 Å². The number of aromatic amines is 1. The standard InChI is InChI=1S/C22H19N5O3/c1-30-17-5-6-19-14(11-17)12-18(21(28)25-19)20-23-7-9-26(20)15-3-2-4-16(13-15)27-10-8-24-22(27)29/h2-7,9,11-13H,8,10H2,1H3,(H,24,29)(H,25,28). The molecular formula is C22H19N5O3. The third kappa shape index (κ3) is 2.98. The second kappa shape index (κ2) is 7.07. The zero-order chi connectivity index (χ0) is 20.7. The number of nitrogens with zero attached hydrogens (tertiary/aromatic N) is 3. The Morgan fingerprint density at radius 1 is 1.07 bits per heavy atom. The molecule has 30 heavy (non-hydrogen) atoms. The molecule has 1 saturated heterocycles. The van der Waals surface area contributed by atoms with E-state index >= 15 is 0 Å². The number of anilines is 1. The van der Waals surface area contributed by atoms with Crippen LogP contribution in [0.15, 0.2) is 65.7 Å². The second-order valence-corrected chi connectivity index (χ2v) is 6.99. The number of amides is 2. The van der Waals surface area contributed by atoms with Gasteiger partial charge in [0.25, 0.3) is 5.56 Å². The molecule has 8 heteroatoms. The van der Waals surface area contributed by atoms with Crippen LogP contribution in [0.4, 0.5) is 10.5 Å². The molecule has 0 aliphatic carbocycles. The lowest BCUT2D eigenvalue weighted by Crippen LogP contribution is -2.27. The topological polar surface area (TPSA) is 92.2 Å². The minimum atomic E-state index is -0.227. The highest BCUT2D eigenvalue weighted by atomic mass is 16.5. The van der Waals surface area contributed by atoms with Crippen molar-refractivity contribution < 1.29 is 9.53 Å². The van der Waals surface area contributed by atoms with Crippen LogP contribution in [0.3, 0.4) is 0 Å². The third-order valence-corrected chi connectivity index (χ3v) is 5.21. The molecule has 8 nitrogen and oxygen atoms in total. The number of methoxy groups -OCH3 is 1. The van der Waals surface area contributed by atoms with Crippen molar-refractivity contribution in [3.8, 4) is 22.8 Å². The van der Waals surface area contributed by atoms with Gasteiger partial charge in [-0.2, -0.15) is 0 Å². The molecule has 150 valence electrons. The van der Waals surface area contributed by atoms with E-state index in [1.165, 1.54) is 0 Å². The van der Waals surface area contributed by atoms with Crippen molar-refractivity contribution in [1.29, 1.82) is 0 Å². The molecule has 1 fully saturated rings. The molecule has 1 aliphatic heterocycles. The molecule has 0 saturated carbocycles. The number of hydrogen-bond donors (Lipinski definition) is 2. The minimum Gasteiger partial charge on any atom is -0.497 e. The van der Waals surface area contributed by atoms with Gasteiger partial charge in [0.2, 0.25) is 0 Å². The van der Waals surface area contributed by atoms with E-state index in [9.17, 15) is 9.59 Å². The van der Waals surface area contributed by atoms with Crippen LogP contribution in [0, 0.1) is 0 Å². The van der Waals surface area contributed by atoms with Gasteiger partial charge in [0.05, 0.1) is 12.7 Å². The maximum Gasteiger partial charge on any atom is 0.321 e. The van der Waals surface area contributed by atoms with E-state index in [-0.39, 0.29) is 11.6 Å². The van der Waals surface area contributed by atoms with Crippen LogP contribution >= 0.6 is 0 Å². The summed E-state index contributed by atoms with van der Waals surface area (Å²) in [6, 6.07) is 14.8. The normalized spacial score (nSPS) is 13.6. The number of benzene rings is 2. The van der Waals surface area contributed by atoms with Gasteiger partial charge in [-0.05, 0) is 42.5 Å². The summed E-state index contributed by atoms with van der Waals surface area (Å²) in [7, 11) is 1.61. The first-order valence-corrected chi connectivity index (χ1v) is 9.54. The predicted octanol–water partition coefficient (Wildman–Crippen LogP) is 2.92. The van der Waals surface area contributed by atoms with Gasteiger partial charge in [0.1, 0.15) is 11.6 Å². The maximum atomic E-state index is 12.8. The summed E-state index contributed by atoms with van der Waals surface area (Å²) < 4.78 is 7.14. The van der Waals surface area contributed by atoms with Crippen molar-refractivity contribution >= 4 is 22.6 Å². The van der Waals surface area contributed by atoms with Gasteiger partial charge in [0.15, 0.2) is 0 Å². The summed E-state index contributed by atoms with van der Waals surface area (Å²) >= 11 is 0. The number of urea groups is 1. The van der Waals surface area contributed by atoms with Crippen LogP contribution in [-0.4, -0.2) is 40.8 Å². The third-order valence-electron chi connectivity index (χ3n) is 5.21. The largest absolute Gasteiger partial charge is 0.497 e. The minimum absolute atomic E-state index is 0.113. The average molecular weight is 401 g/mol. The van der Waals surface area contributed by atoms with E-state index in [2.05, 4.69) is 15.3 Å². The highest BCUT2D eigenvalue weighted by Crippen LogP contribution is 2.26. The Morgan fingerprint density at radius 3 is 2.73 bits per heavy atom. The summed E-state index contributed by atoms with van der Waals surface area (Å²) in [5.41, 5.74) is 2.55. The molecule has 5 rings (SSSR count). The monoisotopic (exact) mass is 401 g/mol. The maximum absolute atomic E-state index is 12.8. The molecule has 1 aliphatic rings. The van der Waals surface area contributed by atoms with Gasteiger partial charge >= 0.3 is 6.03 Å². The Morgan fingerprint density at radius 2 is 1.93 bits per heavy atom. The first-order valence-electron chi connectivity index (χ1n) is 9.54. The van der Waals surface area contributed by atoms with Gasteiger partial charge < -0.3 is 15.0 Å². The predicted molar refractivity (Wildman–Crippen MR) is 114 cm³/mol. The van der Waals surface area contributed by atoms with E-state index in [1.807, 2.05) is 47.0 Å². The van der Waals surface area contributed by atoms with Crippen molar-refractivity contribution in [2.24, 2.45) is 0 Å². The zero-order valence-electron chi connectivity index (χ0n) is 16.3. The molecule has 0 unspecified atom stereocenters. The van der Waals surface area contributed by atoms with E-state index in [1.54, 1.807) is 30.5 Å². The average Bonchev–Trinajstić information content (AvgIpc) is 3.42. The number of imidazole rings is 1. The number of rotatable bonds is 4. The molecule has 0 bridgehead atoms. The van der Waals surface area contributed by atoms with E-state index in [0.29, 0.717) is 30.2 Å². The van der Waals surface area contributed by atoms with Crippen LogP contribution in [0.25, 0.3) is 28.0 Å². The molecule has 0 atom stereocenters. The number of hydrogen-bond acceptors (Lipinski definition) is 4. The van der Waals surface area contributed by atoms with Gasteiger partial charge in [-0.25, -0.2) is 9.78 Å². The molecule has 2 amide bonds. The molecule has 0 radical (unpaired) electrons. The van der Waals surface area contributed by atoms with Crippen molar-refractivity contribution in [2.75, 3.05) is 25.1 Å². The molecule has 3 heterocycles. The highest BCUT2D eigenvalue weighted by molar-refractivity contribution is 5.94. The first-order chi connectivity index (χ1) is 14.6. The Labute approximate surface area is 171 Å². The lowest BCUT2D eigenvalue weighted by Gasteiger charge is -2.16. The Kier molecular flexibility index (Phi) is 4.24. The Hall–Kier alpha value is -4.07. The van der Waals surface area contributed by atoms with Gasteiger partial charge in [-0.3, -0.25) is 14.3 Å². The zero-order valence-corrected chi connectivity index (χ0v) is 16.3. The molecule has 0 spiro atoms. The summed E-state index contributed by atoms with van der Waals surface area (Å²) in [6.45, 7) is 1.24. The summed E-state index contributed by atoms with van der Waals surface area (Å²) in [5, 5.41) is 3.65. The number of fused-ring (bicyclic) bond motifs is 1. The number of carbonyl (C=O) groups is 1. The number of H-pyrrole nitrogens is 1. The fourth-order valence-corrected chi connectivity index (χ4v) is 3.72. The Bertz CT molecular complexity index is 1320. The smallest absolute Gasteiger partial charge is 0.321 e. The first kappa shape index (κ1) is 18.0. The van der Waals surface area contributed by atoms with E-state index in [0.717, 1.165) is 22.3 Å². The molecular weight excluding hydrogens is 382 g/mol.